The van der Waals surface area contributed by atoms with Gasteiger partial charge in [0, 0.05) is 30.9 Å². The van der Waals surface area contributed by atoms with Crippen LogP contribution in [0.15, 0.2) is 36.5 Å². The first-order valence-corrected chi connectivity index (χ1v) is 10.0. The normalized spacial score (nSPS) is 14.5. The third kappa shape index (κ3) is 4.01. The fourth-order valence-electron chi connectivity index (χ4n) is 4.21. The summed E-state index contributed by atoms with van der Waals surface area (Å²) in [5, 5.41) is 5.87. The second-order valence-corrected chi connectivity index (χ2v) is 7.69. The van der Waals surface area contributed by atoms with Crippen LogP contribution >= 0.6 is 0 Å². The van der Waals surface area contributed by atoms with Gasteiger partial charge in [-0.3, -0.25) is 0 Å². The van der Waals surface area contributed by atoms with Gasteiger partial charge in [0.1, 0.15) is 11.3 Å². The zero-order valence-corrected chi connectivity index (χ0v) is 16.5. The number of urea groups is 1. The number of imidazole rings is 1. The number of carbonyl (C=O) groups is 1. The molecular formula is C22H27N5O. The third-order valence-electron chi connectivity index (χ3n) is 5.33. The zero-order chi connectivity index (χ0) is 19.5. The van der Waals surface area contributed by atoms with Crippen molar-refractivity contribution in [3.63, 3.8) is 0 Å². The summed E-state index contributed by atoms with van der Waals surface area (Å²) >= 11 is 0. The van der Waals surface area contributed by atoms with E-state index in [4.69, 9.17) is 4.98 Å². The van der Waals surface area contributed by atoms with Crippen molar-refractivity contribution in [2.75, 3.05) is 11.9 Å². The van der Waals surface area contributed by atoms with Crippen LogP contribution in [-0.4, -0.2) is 27.1 Å². The van der Waals surface area contributed by atoms with Gasteiger partial charge in [-0.15, -0.1) is 0 Å². The molecular weight excluding hydrogens is 350 g/mol. The molecule has 2 N–H and O–H groups in total. The summed E-state index contributed by atoms with van der Waals surface area (Å²) in [4.78, 5) is 21.6. The van der Waals surface area contributed by atoms with Gasteiger partial charge in [0.15, 0.2) is 5.65 Å². The van der Waals surface area contributed by atoms with Crippen LogP contribution in [0, 0.1) is 13.8 Å². The highest BCUT2D eigenvalue weighted by Gasteiger charge is 2.23. The molecule has 0 aliphatic heterocycles. The summed E-state index contributed by atoms with van der Waals surface area (Å²) in [5.41, 5.74) is 4.98. The Morgan fingerprint density at radius 1 is 1.18 bits per heavy atom. The van der Waals surface area contributed by atoms with Crippen LogP contribution in [-0.2, 0) is 6.42 Å². The predicted molar refractivity (Wildman–Crippen MR) is 112 cm³/mol. The molecule has 0 spiro atoms. The highest BCUT2D eigenvalue weighted by atomic mass is 16.2. The Morgan fingerprint density at radius 3 is 2.68 bits per heavy atom. The van der Waals surface area contributed by atoms with E-state index < -0.39 is 0 Å². The Bertz CT molecular complexity index is 968. The Labute approximate surface area is 165 Å². The number of amides is 2. The van der Waals surface area contributed by atoms with Crippen molar-refractivity contribution in [2.24, 2.45) is 0 Å². The SMILES string of the molecule is Cc1cc(C)cc(NC(=O)NCCc2nc3cccnc3n2C2CCCC2)c1. The lowest BCUT2D eigenvalue weighted by Crippen LogP contribution is -2.31. The number of pyridine rings is 1. The third-order valence-corrected chi connectivity index (χ3v) is 5.33. The minimum absolute atomic E-state index is 0.188. The van der Waals surface area contributed by atoms with Gasteiger partial charge in [-0.2, -0.15) is 0 Å². The molecule has 3 aromatic rings. The number of rotatable bonds is 5. The van der Waals surface area contributed by atoms with Crippen molar-refractivity contribution >= 4 is 22.9 Å². The lowest BCUT2D eigenvalue weighted by molar-refractivity contribution is 0.252. The van der Waals surface area contributed by atoms with Crippen molar-refractivity contribution in [3.8, 4) is 0 Å². The molecule has 1 aliphatic carbocycles. The summed E-state index contributed by atoms with van der Waals surface area (Å²) in [7, 11) is 0. The monoisotopic (exact) mass is 377 g/mol. The molecule has 1 fully saturated rings. The second kappa shape index (κ2) is 8.00. The number of aryl methyl sites for hydroxylation is 2. The standard InChI is InChI=1S/C22H27N5O/c1-15-12-16(2)14-17(13-15)25-22(28)24-11-9-20-26-19-8-5-10-23-21(19)27(20)18-6-3-4-7-18/h5,8,10,12-14,18H,3-4,6-7,9,11H2,1-2H3,(H2,24,25,28). The molecule has 0 saturated heterocycles. The number of fused-ring (bicyclic) bond motifs is 1. The minimum Gasteiger partial charge on any atom is -0.337 e. The molecule has 2 heterocycles. The number of nitrogens with one attached hydrogen (secondary N) is 2. The van der Waals surface area contributed by atoms with Crippen molar-refractivity contribution in [1.29, 1.82) is 0 Å². The van der Waals surface area contributed by atoms with Crippen LogP contribution < -0.4 is 10.6 Å². The molecule has 0 unspecified atom stereocenters. The molecule has 1 aromatic carbocycles. The average molecular weight is 377 g/mol. The maximum atomic E-state index is 12.3. The quantitative estimate of drug-likeness (QED) is 0.686. The summed E-state index contributed by atoms with van der Waals surface area (Å²) in [5.74, 6) is 1.01. The van der Waals surface area contributed by atoms with Gasteiger partial charge in [-0.1, -0.05) is 18.9 Å². The molecule has 1 saturated carbocycles. The van der Waals surface area contributed by atoms with Crippen molar-refractivity contribution in [3.05, 3.63) is 53.5 Å². The fraction of sp³-hybridized carbons (Fsp3) is 0.409. The molecule has 146 valence electrons. The topological polar surface area (TPSA) is 71.8 Å². The molecule has 0 atom stereocenters. The smallest absolute Gasteiger partial charge is 0.319 e. The van der Waals surface area contributed by atoms with E-state index in [2.05, 4.69) is 26.3 Å². The largest absolute Gasteiger partial charge is 0.337 e. The van der Waals surface area contributed by atoms with Crippen molar-refractivity contribution in [2.45, 2.75) is 52.0 Å². The number of benzene rings is 1. The Kier molecular flexibility index (Phi) is 5.28. The number of hydrogen-bond donors (Lipinski definition) is 2. The minimum atomic E-state index is -0.188. The number of hydrogen-bond acceptors (Lipinski definition) is 3. The van der Waals surface area contributed by atoms with Gasteiger partial charge in [0.05, 0.1) is 0 Å². The van der Waals surface area contributed by atoms with Crippen LogP contribution in [0.4, 0.5) is 10.5 Å². The van der Waals surface area contributed by atoms with Gasteiger partial charge < -0.3 is 15.2 Å². The van der Waals surface area contributed by atoms with Crippen LogP contribution in [0.5, 0.6) is 0 Å². The van der Waals surface area contributed by atoms with Crippen LogP contribution in [0.1, 0.15) is 48.7 Å². The highest BCUT2D eigenvalue weighted by molar-refractivity contribution is 5.89. The molecule has 0 radical (unpaired) electrons. The van der Waals surface area contributed by atoms with E-state index in [0.717, 1.165) is 33.8 Å². The molecule has 28 heavy (non-hydrogen) atoms. The summed E-state index contributed by atoms with van der Waals surface area (Å²) < 4.78 is 2.30. The zero-order valence-electron chi connectivity index (χ0n) is 16.5. The van der Waals surface area contributed by atoms with Crippen LogP contribution in [0.2, 0.25) is 0 Å². The Morgan fingerprint density at radius 2 is 1.93 bits per heavy atom. The van der Waals surface area contributed by atoms with E-state index in [1.807, 2.05) is 44.3 Å². The molecule has 1 aliphatic rings. The Hall–Kier alpha value is -2.89. The maximum Gasteiger partial charge on any atom is 0.319 e. The summed E-state index contributed by atoms with van der Waals surface area (Å²) in [6.45, 7) is 4.59. The average Bonchev–Trinajstić information content (AvgIpc) is 3.27. The maximum absolute atomic E-state index is 12.3. The van der Waals surface area contributed by atoms with Gasteiger partial charge in [-0.25, -0.2) is 14.8 Å². The lowest BCUT2D eigenvalue weighted by atomic mass is 10.1. The lowest BCUT2D eigenvalue weighted by Gasteiger charge is -2.16. The number of anilines is 1. The van der Waals surface area contributed by atoms with E-state index in [9.17, 15) is 4.79 Å². The van der Waals surface area contributed by atoms with Crippen LogP contribution in [0.25, 0.3) is 11.2 Å². The van der Waals surface area contributed by atoms with Gasteiger partial charge in [-0.05, 0) is 62.1 Å². The van der Waals surface area contributed by atoms with Crippen molar-refractivity contribution in [1.82, 2.24) is 19.9 Å². The van der Waals surface area contributed by atoms with E-state index in [1.54, 1.807) is 0 Å². The van der Waals surface area contributed by atoms with Crippen molar-refractivity contribution < 1.29 is 4.79 Å². The predicted octanol–water partition coefficient (Wildman–Crippen LogP) is 4.53. The first-order valence-electron chi connectivity index (χ1n) is 10.0. The first-order chi connectivity index (χ1) is 13.6. The van der Waals surface area contributed by atoms with Gasteiger partial charge in [0.25, 0.3) is 0 Å². The number of aromatic nitrogens is 3. The van der Waals surface area contributed by atoms with E-state index in [0.29, 0.717) is 19.0 Å². The Balaban J connectivity index is 1.42. The van der Waals surface area contributed by atoms with Gasteiger partial charge >= 0.3 is 6.03 Å². The molecule has 4 rings (SSSR count). The van der Waals surface area contributed by atoms with E-state index >= 15 is 0 Å². The summed E-state index contributed by atoms with van der Waals surface area (Å²) in [6, 6.07) is 10.2. The highest BCUT2D eigenvalue weighted by Crippen LogP contribution is 2.33. The van der Waals surface area contributed by atoms with E-state index in [-0.39, 0.29) is 6.03 Å². The summed E-state index contributed by atoms with van der Waals surface area (Å²) in [6.07, 6.45) is 7.38. The van der Waals surface area contributed by atoms with Gasteiger partial charge in [0.2, 0.25) is 0 Å². The van der Waals surface area contributed by atoms with E-state index in [1.165, 1.54) is 25.7 Å². The molecule has 6 heteroatoms. The molecule has 2 amide bonds. The fourth-order valence-corrected chi connectivity index (χ4v) is 4.21. The molecule has 0 bridgehead atoms. The second-order valence-electron chi connectivity index (χ2n) is 7.69. The van der Waals surface area contributed by atoms with Crippen LogP contribution in [0.3, 0.4) is 0 Å². The molecule has 6 nitrogen and oxygen atoms in total. The number of carbonyl (C=O) groups excluding carboxylic acids is 1. The molecule has 2 aromatic heterocycles. The first kappa shape index (κ1) is 18.5. The number of nitrogens with zero attached hydrogens (tertiary/aromatic N) is 3.